The highest BCUT2D eigenvalue weighted by Crippen LogP contribution is 2.18. The van der Waals surface area contributed by atoms with Crippen LogP contribution < -0.4 is 10.6 Å². The zero-order valence-corrected chi connectivity index (χ0v) is 12.7. The van der Waals surface area contributed by atoms with Gasteiger partial charge in [0.25, 0.3) is 11.6 Å². The van der Waals surface area contributed by atoms with Gasteiger partial charge in [-0.25, -0.2) is 4.98 Å². The summed E-state index contributed by atoms with van der Waals surface area (Å²) >= 11 is 0. The van der Waals surface area contributed by atoms with Gasteiger partial charge in [-0.3, -0.25) is 4.79 Å². The summed E-state index contributed by atoms with van der Waals surface area (Å²) in [5.41, 5.74) is 1.89. The monoisotopic (exact) mass is 310 g/mol. The average molecular weight is 311 g/mol. The lowest BCUT2D eigenvalue weighted by Crippen LogP contribution is -2.42. The molecule has 0 atom stereocenters. The Hall–Kier alpha value is -1.66. The van der Waals surface area contributed by atoms with Crippen molar-refractivity contribution in [2.75, 3.05) is 13.1 Å². The molecule has 0 unspecified atom stereocenters. The molecule has 3 rings (SSSR count). The molecule has 0 aliphatic carbocycles. The number of rotatable bonds is 3. The van der Waals surface area contributed by atoms with E-state index in [1.165, 1.54) is 0 Å². The molecule has 1 amide bonds. The Balaban J connectivity index is 0.00000161. The topological polar surface area (TPSA) is 80.0 Å². The lowest BCUT2D eigenvalue weighted by Gasteiger charge is -2.23. The van der Waals surface area contributed by atoms with Gasteiger partial charge in [-0.15, -0.1) is 12.4 Å². The van der Waals surface area contributed by atoms with Crippen LogP contribution in [0.15, 0.2) is 16.8 Å². The number of hydrogen-bond acceptors (Lipinski definition) is 5. The third kappa shape index (κ3) is 3.33. The highest BCUT2D eigenvalue weighted by Gasteiger charge is 2.18. The van der Waals surface area contributed by atoms with Gasteiger partial charge in [-0.2, -0.15) is 0 Å². The van der Waals surface area contributed by atoms with Crippen molar-refractivity contribution in [3.8, 4) is 0 Å². The number of pyridine rings is 1. The van der Waals surface area contributed by atoms with Crippen LogP contribution in [-0.2, 0) is 6.42 Å². The number of aromatic nitrogens is 2. The van der Waals surface area contributed by atoms with Crippen LogP contribution in [0, 0.1) is 0 Å². The van der Waals surface area contributed by atoms with Crippen molar-refractivity contribution in [2.45, 2.75) is 32.2 Å². The van der Waals surface area contributed by atoms with Crippen molar-refractivity contribution in [3.05, 3.63) is 23.5 Å². The third-order valence-electron chi connectivity index (χ3n) is 3.68. The zero-order chi connectivity index (χ0) is 13.9. The van der Waals surface area contributed by atoms with Crippen molar-refractivity contribution < 1.29 is 9.32 Å². The standard InChI is InChI=1S/C14H18N4O2.ClH/c1-2-12-11-7-9(8-16-14(11)20-18-12)13(19)17-10-3-5-15-6-4-10;/h7-8,10,15H,2-6H2,1H3,(H,17,19);1H. The van der Waals surface area contributed by atoms with E-state index >= 15 is 0 Å². The van der Waals surface area contributed by atoms with E-state index in [-0.39, 0.29) is 24.4 Å². The number of aryl methyl sites for hydroxylation is 1. The summed E-state index contributed by atoms with van der Waals surface area (Å²) < 4.78 is 5.12. The summed E-state index contributed by atoms with van der Waals surface area (Å²) in [7, 11) is 0. The molecule has 0 bridgehead atoms. The second kappa shape index (κ2) is 6.87. The molecule has 2 aromatic rings. The fourth-order valence-electron chi connectivity index (χ4n) is 2.49. The molecule has 114 valence electrons. The number of carbonyl (C=O) groups is 1. The lowest BCUT2D eigenvalue weighted by molar-refractivity contribution is 0.0929. The maximum atomic E-state index is 12.3. The van der Waals surface area contributed by atoms with Crippen LogP contribution in [0.4, 0.5) is 0 Å². The molecule has 1 aliphatic rings. The predicted molar refractivity (Wildman–Crippen MR) is 81.8 cm³/mol. The normalized spacial score (nSPS) is 15.7. The molecule has 0 saturated carbocycles. The summed E-state index contributed by atoms with van der Waals surface area (Å²) in [6.45, 7) is 3.90. The molecule has 1 fully saturated rings. The largest absolute Gasteiger partial charge is 0.349 e. The Morgan fingerprint density at radius 3 is 2.95 bits per heavy atom. The summed E-state index contributed by atoms with van der Waals surface area (Å²) in [5, 5.41) is 11.1. The summed E-state index contributed by atoms with van der Waals surface area (Å²) in [6.07, 6.45) is 4.24. The van der Waals surface area contributed by atoms with Gasteiger partial charge in [0.1, 0.15) is 0 Å². The molecular formula is C14H19ClN4O2. The number of hydrogen-bond donors (Lipinski definition) is 2. The molecule has 3 heterocycles. The number of fused-ring (bicyclic) bond motifs is 1. The van der Waals surface area contributed by atoms with E-state index in [9.17, 15) is 4.79 Å². The second-order valence-electron chi connectivity index (χ2n) is 5.06. The minimum atomic E-state index is -0.0745. The highest BCUT2D eigenvalue weighted by molar-refractivity contribution is 5.97. The first-order valence-corrected chi connectivity index (χ1v) is 7.04. The van der Waals surface area contributed by atoms with Crippen LogP contribution in [-0.4, -0.2) is 35.2 Å². The number of piperidine rings is 1. The van der Waals surface area contributed by atoms with Crippen molar-refractivity contribution in [1.29, 1.82) is 0 Å². The maximum absolute atomic E-state index is 12.3. The minimum absolute atomic E-state index is 0. The Morgan fingerprint density at radius 2 is 2.24 bits per heavy atom. The first kappa shape index (κ1) is 15.7. The molecule has 0 spiro atoms. The number of nitrogens with one attached hydrogen (secondary N) is 2. The van der Waals surface area contributed by atoms with Gasteiger partial charge in [-0.1, -0.05) is 12.1 Å². The van der Waals surface area contributed by atoms with Gasteiger partial charge in [0, 0.05) is 12.2 Å². The molecule has 7 heteroatoms. The van der Waals surface area contributed by atoms with Crippen molar-refractivity contribution >= 4 is 29.4 Å². The summed E-state index contributed by atoms with van der Waals surface area (Å²) in [5.74, 6) is -0.0745. The van der Waals surface area contributed by atoms with Crippen LogP contribution >= 0.6 is 12.4 Å². The van der Waals surface area contributed by atoms with E-state index in [2.05, 4.69) is 20.8 Å². The Kier molecular flexibility index (Phi) is 5.14. The van der Waals surface area contributed by atoms with Crippen molar-refractivity contribution in [3.63, 3.8) is 0 Å². The minimum Gasteiger partial charge on any atom is -0.349 e. The SMILES string of the molecule is CCc1noc2ncc(C(=O)NC3CCNCC3)cc12.Cl. The quantitative estimate of drug-likeness (QED) is 0.902. The van der Waals surface area contributed by atoms with Gasteiger partial charge in [0.2, 0.25) is 0 Å². The fraction of sp³-hybridized carbons (Fsp3) is 0.500. The first-order chi connectivity index (χ1) is 9.78. The van der Waals surface area contributed by atoms with E-state index < -0.39 is 0 Å². The molecule has 1 aliphatic heterocycles. The van der Waals surface area contributed by atoms with Gasteiger partial charge in [-0.05, 0) is 38.4 Å². The van der Waals surface area contributed by atoms with Gasteiger partial charge in [0.05, 0.1) is 16.6 Å². The lowest BCUT2D eigenvalue weighted by atomic mass is 10.1. The molecule has 2 aromatic heterocycles. The van der Waals surface area contributed by atoms with E-state index in [1.54, 1.807) is 6.20 Å². The Labute approximate surface area is 129 Å². The second-order valence-corrected chi connectivity index (χ2v) is 5.06. The van der Waals surface area contributed by atoms with Crippen LogP contribution in [0.3, 0.4) is 0 Å². The van der Waals surface area contributed by atoms with Gasteiger partial charge >= 0.3 is 0 Å². The van der Waals surface area contributed by atoms with Crippen LogP contribution in [0.1, 0.15) is 35.8 Å². The third-order valence-corrected chi connectivity index (χ3v) is 3.68. The predicted octanol–water partition coefficient (Wildman–Crippen LogP) is 1.69. The summed E-state index contributed by atoms with van der Waals surface area (Å²) in [4.78, 5) is 16.4. The number of carbonyl (C=O) groups excluding carboxylic acids is 1. The molecular weight excluding hydrogens is 292 g/mol. The zero-order valence-electron chi connectivity index (χ0n) is 11.9. The first-order valence-electron chi connectivity index (χ1n) is 7.04. The van der Waals surface area contributed by atoms with Gasteiger partial charge in [0.15, 0.2) is 0 Å². The van der Waals surface area contributed by atoms with Crippen molar-refractivity contribution in [1.82, 2.24) is 20.8 Å². The van der Waals surface area contributed by atoms with Crippen LogP contribution in [0.2, 0.25) is 0 Å². The van der Waals surface area contributed by atoms with E-state index in [0.717, 1.165) is 43.4 Å². The number of halogens is 1. The molecule has 6 nitrogen and oxygen atoms in total. The molecule has 0 aromatic carbocycles. The van der Waals surface area contributed by atoms with Crippen LogP contribution in [0.25, 0.3) is 11.1 Å². The van der Waals surface area contributed by atoms with E-state index in [0.29, 0.717) is 11.3 Å². The fourth-order valence-corrected chi connectivity index (χ4v) is 2.49. The summed E-state index contributed by atoms with van der Waals surface area (Å²) in [6, 6.07) is 2.06. The molecule has 21 heavy (non-hydrogen) atoms. The number of amides is 1. The Bertz CT molecular complexity index is 622. The average Bonchev–Trinajstić information content (AvgIpc) is 2.90. The molecule has 1 saturated heterocycles. The molecule has 2 N–H and O–H groups in total. The van der Waals surface area contributed by atoms with Crippen LogP contribution in [0.5, 0.6) is 0 Å². The van der Waals surface area contributed by atoms with E-state index in [4.69, 9.17) is 4.52 Å². The van der Waals surface area contributed by atoms with E-state index in [1.807, 2.05) is 13.0 Å². The van der Waals surface area contributed by atoms with Gasteiger partial charge < -0.3 is 15.2 Å². The Morgan fingerprint density at radius 1 is 1.48 bits per heavy atom. The highest BCUT2D eigenvalue weighted by atomic mass is 35.5. The molecule has 0 radical (unpaired) electrons. The maximum Gasteiger partial charge on any atom is 0.257 e. The van der Waals surface area contributed by atoms with Crippen molar-refractivity contribution in [2.24, 2.45) is 0 Å². The smallest absolute Gasteiger partial charge is 0.257 e. The number of nitrogens with zero attached hydrogens (tertiary/aromatic N) is 2.